The van der Waals surface area contributed by atoms with Crippen molar-refractivity contribution in [3.8, 4) is 11.1 Å². The highest BCUT2D eigenvalue weighted by molar-refractivity contribution is 5.80. The van der Waals surface area contributed by atoms with Gasteiger partial charge < -0.3 is 5.11 Å². The van der Waals surface area contributed by atoms with Crippen LogP contribution in [0.5, 0.6) is 0 Å². The van der Waals surface area contributed by atoms with Gasteiger partial charge in [0, 0.05) is 30.4 Å². The summed E-state index contributed by atoms with van der Waals surface area (Å²) in [4.78, 5) is 15.3. The largest absolute Gasteiger partial charge is 0.481 e. The van der Waals surface area contributed by atoms with Crippen molar-refractivity contribution in [2.75, 3.05) is 0 Å². The van der Waals surface area contributed by atoms with E-state index >= 15 is 0 Å². The zero-order valence-corrected chi connectivity index (χ0v) is 12.1. The maximum absolute atomic E-state index is 10.9. The van der Waals surface area contributed by atoms with Crippen LogP contribution in [-0.2, 0) is 11.8 Å². The number of carboxylic acids is 1. The molecule has 1 aromatic carbocycles. The first kappa shape index (κ1) is 13.0. The molecule has 2 heterocycles. The predicted octanol–water partition coefficient (Wildman–Crippen LogP) is 2.82. The highest BCUT2D eigenvalue weighted by atomic mass is 16.4. The Kier molecular flexibility index (Phi) is 2.76. The summed E-state index contributed by atoms with van der Waals surface area (Å²) in [5.74, 6) is -0.731. The molecule has 4 rings (SSSR count). The maximum atomic E-state index is 10.9. The standard InChI is InChI=1S/C17H15N3O2/c1-20-9-13-6-12(8-18-16(13)19-20)10-2-4-11(5-3-10)14-7-15(14)17(21)22/h2-6,8-9,14-15H,7H2,1H3,(H,21,22)/t14-,15+/m1/s1. The number of carbonyl (C=O) groups is 1. The molecule has 1 fully saturated rings. The van der Waals surface area contributed by atoms with Crippen LogP contribution in [0.1, 0.15) is 17.9 Å². The van der Waals surface area contributed by atoms with Gasteiger partial charge in [0.15, 0.2) is 5.65 Å². The van der Waals surface area contributed by atoms with Crippen LogP contribution in [0, 0.1) is 5.92 Å². The average molecular weight is 293 g/mol. The van der Waals surface area contributed by atoms with Crippen LogP contribution in [0.15, 0.2) is 42.7 Å². The third-order valence-electron chi connectivity index (χ3n) is 4.25. The number of benzene rings is 1. The van der Waals surface area contributed by atoms with Crippen molar-refractivity contribution in [1.82, 2.24) is 14.8 Å². The lowest BCUT2D eigenvalue weighted by molar-refractivity contribution is -0.138. The molecule has 0 amide bonds. The molecule has 22 heavy (non-hydrogen) atoms. The highest BCUT2D eigenvalue weighted by Crippen LogP contribution is 2.47. The summed E-state index contributed by atoms with van der Waals surface area (Å²) in [5, 5.41) is 14.3. The Morgan fingerprint density at radius 1 is 1.27 bits per heavy atom. The Hall–Kier alpha value is -2.69. The molecule has 0 radical (unpaired) electrons. The summed E-state index contributed by atoms with van der Waals surface area (Å²) in [7, 11) is 1.88. The van der Waals surface area contributed by atoms with Crippen LogP contribution in [0.2, 0.25) is 0 Å². The summed E-state index contributed by atoms with van der Waals surface area (Å²) >= 11 is 0. The number of pyridine rings is 1. The van der Waals surface area contributed by atoms with Gasteiger partial charge >= 0.3 is 5.97 Å². The number of aryl methyl sites for hydroxylation is 1. The van der Waals surface area contributed by atoms with Gasteiger partial charge in [-0.2, -0.15) is 5.10 Å². The quantitative estimate of drug-likeness (QED) is 0.806. The Bertz CT molecular complexity index is 867. The first-order valence-electron chi connectivity index (χ1n) is 7.24. The molecule has 1 aliphatic carbocycles. The van der Waals surface area contributed by atoms with Gasteiger partial charge in [-0.1, -0.05) is 24.3 Å². The lowest BCUT2D eigenvalue weighted by atomic mass is 10.0. The highest BCUT2D eigenvalue weighted by Gasteiger charge is 2.43. The Morgan fingerprint density at radius 3 is 2.73 bits per heavy atom. The van der Waals surface area contributed by atoms with E-state index in [-0.39, 0.29) is 11.8 Å². The molecule has 3 aromatic rings. The van der Waals surface area contributed by atoms with Crippen LogP contribution < -0.4 is 0 Å². The molecule has 5 nitrogen and oxygen atoms in total. The minimum Gasteiger partial charge on any atom is -0.481 e. The zero-order chi connectivity index (χ0) is 15.3. The molecule has 1 saturated carbocycles. The number of carboxylic acid groups (broad SMARTS) is 1. The first-order chi connectivity index (χ1) is 10.6. The lowest BCUT2D eigenvalue weighted by Gasteiger charge is -2.04. The molecule has 110 valence electrons. The second kappa shape index (κ2) is 4.66. The molecule has 1 N–H and O–H groups in total. The first-order valence-corrected chi connectivity index (χ1v) is 7.24. The molecule has 0 saturated heterocycles. The number of hydrogen-bond acceptors (Lipinski definition) is 3. The second-order valence-electron chi connectivity index (χ2n) is 5.85. The molecule has 0 unspecified atom stereocenters. The summed E-state index contributed by atoms with van der Waals surface area (Å²) in [5.41, 5.74) is 3.96. The molecule has 0 aliphatic heterocycles. The minimum absolute atomic E-state index is 0.172. The van der Waals surface area contributed by atoms with Crippen molar-refractivity contribution in [1.29, 1.82) is 0 Å². The Morgan fingerprint density at radius 2 is 2.05 bits per heavy atom. The fourth-order valence-corrected chi connectivity index (χ4v) is 2.95. The monoisotopic (exact) mass is 293 g/mol. The van der Waals surface area contributed by atoms with Crippen LogP contribution in [0.3, 0.4) is 0 Å². The number of nitrogens with zero attached hydrogens (tertiary/aromatic N) is 3. The van der Waals surface area contributed by atoms with E-state index in [9.17, 15) is 4.79 Å². The van der Waals surface area contributed by atoms with Crippen molar-refractivity contribution in [3.05, 3.63) is 48.3 Å². The summed E-state index contributed by atoms with van der Waals surface area (Å²) in [6, 6.07) is 10.2. The van der Waals surface area contributed by atoms with Crippen molar-refractivity contribution in [2.24, 2.45) is 13.0 Å². The van der Waals surface area contributed by atoms with Crippen molar-refractivity contribution in [3.63, 3.8) is 0 Å². The molecule has 1 aliphatic rings. The van der Waals surface area contributed by atoms with Crippen LogP contribution in [0.25, 0.3) is 22.2 Å². The van der Waals surface area contributed by atoms with Gasteiger partial charge in [0.2, 0.25) is 0 Å². The molecule has 2 aromatic heterocycles. The van der Waals surface area contributed by atoms with Crippen LogP contribution >= 0.6 is 0 Å². The van der Waals surface area contributed by atoms with Crippen molar-refractivity contribution in [2.45, 2.75) is 12.3 Å². The number of aliphatic carboxylic acids is 1. The van der Waals surface area contributed by atoms with E-state index in [1.54, 1.807) is 4.68 Å². The number of fused-ring (bicyclic) bond motifs is 1. The van der Waals surface area contributed by atoms with E-state index in [4.69, 9.17) is 5.11 Å². The summed E-state index contributed by atoms with van der Waals surface area (Å²) < 4.78 is 1.75. The van der Waals surface area contributed by atoms with Gasteiger partial charge in [-0.15, -0.1) is 0 Å². The fourth-order valence-electron chi connectivity index (χ4n) is 2.95. The van der Waals surface area contributed by atoms with Crippen LogP contribution in [0.4, 0.5) is 0 Å². The SMILES string of the molecule is Cn1cc2cc(-c3ccc([C@H]4C[C@@H]4C(=O)O)cc3)cnc2n1. The van der Waals surface area contributed by atoms with Gasteiger partial charge in [-0.05, 0) is 29.5 Å². The molecule has 0 bridgehead atoms. The second-order valence-corrected chi connectivity index (χ2v) is 5.85. The third-order valence-corrected chi connectivity index (χ3v) is 4.25. The lowest BCUT2D eigenvalue weighted by Crippen LogP contribution is -1.98. The Labute approximate surface area is 127 Å². The summed E-state index contributed by atoms with van der Waals surface area (Å²) in [6.45, 7) is 0. The average Bonchev–Trinajstić information content (AvgIpc) is 3.22. The van der Waals surface area contributed by atoms with Gasteiger partial charge in [-0.3, -0.25) is 9.48 Å². The van der Waals surface area contributed by atoms with Gasteiger partial charge in [0.05, 0.1) is 5.92 Å². The number of aromatic nitrogens is 3. The Balaban J connectivity index is 1.63. The maximum Gasteiger partial charge on any atom is 0.307 e. The molecule has 2 atom stereocenters. The molecule has 0 spiro atoms. The van der Waals surface area contributed by atoms with Gasteiger partial charge in [0.25, 0.3) is 0 Å². The smallest absolute Gasteiger partial charge is 0.307 e. The number of rotatable bonds is 3. The van der Waals surface area contributed by atoms with Gasteiger partial charge in [-0.25, -0.2) is 4.98 Å². The van der Waals surface area contributed by atoms with Gasteiger partial charge in [0.1, 0.15) is 0 Å². The molecule has 5 heteroatoms. The summed E-state index contributed by atoms with van der Waals surface area (Å²) in [6.07, 6.45) is 4.52. The van der Waals surface area contributed by atoms with E-state index in [1.165, 1.54) is 0 Å². The van der Waals surface area contributed by atoms with Crippen molar-refractivity contribution >= 4 is 17.0 Å². The third kappa shape index (κ3) is 2.15. The topological polar surface area (TPSA) is 68.0 Å². The van der Waals surface area contributed by atoms with Crippen LogP contribution in [-0.4, -0.2) is 25.8 Å². The molecular formula is C17H15N3O2. The van der Waals surface area contributed by atoms with E-state index in [1.807, 2.05) is 43.7 Å². The van der Waals surface area contributed by atoms with E-state index in [0.717, 1.165) is 34.1 Å². The molecular weight excluding hydrogens is 278 g/mol. The normalized spacial score (nSPS) is 20.2. The minimum atomic E-state index is -0.694. The van der Waals surface area contributed by atoms with E-state index < -0.39 is 5.97 Å². The predicted molar refractivity (Wildman–Crippen MR) is 82.4 cm³/mol. The number of hydrogen-bond donors (Lipinski definition) is 1. The fraction of sp³-hybridized carbons (Fsp3) is 0.235. The van der Waals surface area contributed by atoms with Crippen molar-refractivity contribution < 1.29 is 9.90 Å². The zero-order valence-electron chi connectivity index (χ0n) is 12.1. The van der Waals surface area contributed by atoms with E-state index in [2.05, 4.69) is 16.1 Å². The van der Waals surface area contributed by atoms with E-state index in [0.29, 0.717) is 0 Å².